The van der Waals surface area contributed by atoms with Gasteiger partial charge >= 0.3 is 0 Å². The van der Waals surface area contributed by atoms with Crippen molar-refractivity contribution in [3.05, 3.63) is 0 Å². The van der Waals surface area contributed by atoms with Crippen LogP contribution in [0.1, 0.15) is 78.1 Å². The summed E-state index contributed by atoms with van der Waals surface area (Å²) in [4.78, 5) is 0. The summed E-state index contributed by atoms with van der Waals surface area (Å²) in [5, 5.41) is 0. The summed E-state index contributed by atoms with van der Waals surface area (Å²) in [7, 11) is 9.62. The van der Waals surface area contributed by atoms with Gasteiger partial charge < -0.3 is 8.97 Å². The molecule has 0 aromatic carbocycles. The van der Waals surface area contributed by atoms with E-state index < -0.39 is 0 Å². The van der Waals surface area contributed by atoms with Crippen molar-refractivity contribution < 1.29 is 8.97 Å². The van der Waals surface area contributed by atoms with Gasteiger partial charge in [0.1, 0.15) is 0 Å². The molecule has 0 amide bonds. The lowest BCUT2D eigenvalue weighted by atomic mass is 10.1. The number of unbranched alkanes of at least 4 members (excludes halogenated alkanes) is 7. The topological polar surface area (TPSA) is 0 Å². The van der Waals surface area contributed by atoms with Crippen LogP contribution in [0.25, 0.3) is 0 Å². The van der Waals surface area contributed by atoms with Crippen molar-refractivity contribution in [1.29, 1.82) is 0 Å². The van der Waals surface area contributed by atoms with E-state index in [9.17, 15) is 0 Å². The lowest BCUT2D eigenvalue weighted by Gasteiger charge is -2.31. The molecule has 0 fully saturated rings. The van der Waals surface area contributed by atoms with Gasteiger partial charge in [0, 0.05) is 0 Å². The van der Waals surface area contributed by atoms with Gasteiger partial charge in [0.15, 0.2) is 0 Å². The molecule has 0 atom stereocenters. The monoisotopic (exact) mass is 314 g/mol. The van der Waals surface area contributed by atoms with Gasteiger partial charge in [-0.3, -0.25) is 0 Å². The van der Waals surface area contributed by atoms with Crippen molar-refractivity contribution in [3.63, 3.8) is 0 Å². The Bertz CT molecular complexity index is 220. The number of quaternary nitrogens is 2. The highest BCUT2D eigenvalue weighted by atomic mass is 15.3. The van der Waals surface area contributed by atoms with Crippen molar-refractivity contribution in [2.45, 2.75) is 78.1 Å². The second-order valence-electron chi connectivity index (χ2n) is 8.59. The third-order valence-corrected chi connectivity index (χ3v) is 5.01. The highest BCUT2D eigenvalue weighted by Crippen LogP contribution is 2.11. The van der Waals surface area contributed by atoms with Crippen LogP contribution in [0.2, 0.25) is 0 Å². The van der Waals surface area contributed by atoms with Crippen molar-refractivity contribution in [2.24, 2.45) is 0 Å². The van der Waals surface area contributed by atoms with Gasteiger partial charge in [-0.25, -0.2) is 0 Å². The summed E-state index contributed by atoms with van der Waals surface area (Å²) in [5.41, 5.74) is 0. The van der Waals surface area contributed by atoms with Crippen LogP contribution in [0.3, 0.4) is 0 Å². The molecule has 0 heterocycles. The van der Waals surface area contributed by atoms with Gasteiger partial charge in [0.05, 0.1) is 54.4 Å². The number of hydrogen-bond acceptors (Lipinski definition) is 0. The first kappa shape index (κ1) is 21.9. The molecule has 0 saturated heterocycles. The normalized spacial score (nSPS) is 12.8. The van der Waals surface area contributed by atoms with Crippen molar-refractivity contribution in [3.8, 4) is 0 Å². The fraction of sp³-hybridized carbons (Fsp3) is 1.00. The lowest BCUT2D eigenvalue weighted by molar-refractivity contribution is -0.891. The highest BCUT2D eigenvalue weighted by molar-refractivity contribution is 4.46. The summed E-state index contributed by atoms with van der Waals surface area (Å²) >= 11 is 0. The molecule has 0 aromatic rings. The first-order valence-electron chi connectivity index (χ1n) is 9.97. The zero-order valence-corrected chi connectivity index (χ0v) is 16.8. The van der Waals surface area contributed by atoms with Gasteiger partial charge in [0.25, 0.3) is 0 Å². The summed E-state index contributed by atoms with van der Waals surface area (Å²) in [6.07, 6.45) is 13.9. The highest BCUT2D eigenvalue weighted by Gasteiger charge is 2.15. The lowest BCUT2D eigenvalue weighted by Crippen LogP contribution is -2.41. The Labute approximate surface area is 142 Å². The Morgan fingerprint density at radius 1 is 0.409 bits per heavy atom. The Hall–Kier alpha value is -0.0800. The van der Waals surface area contributed by atoms with Gasteiger partial charge in [-0.05, 0) is 51.4 Å². The third-order valence-electron chi connectivity index (χ3n) is 5.01. The Kier molecular flexibility index (Phi) is 12.3. The molecular weight excluding hydrogens is 268 g/mol. The first-order valence-corrected chi connectivity index (χ1v) is 9.97. The van der Waals surface area contributed by atoms with E-state index in [1.807, 2.05) is 0 Å². The Balaban J connectivity index is 3.59. The largest absolute Gasteiger partial charge is 0.328 e. The fourth-order valence-electron chi connectivity index (χ4n) is 3.24. The molecule has 0 aliphatic heterocycles. The van der Waals surface area contributed by atoms with Crippen molar-refractivity contribution in [2.75, 3.05) is 54.4 Å². The molecule has 0 rings (SSSR count). The molecule has 0 unspecified atom stereocenters. The van der Waals surface area contributed by atoms with Gasteiger partial charge in [-0.2, -0.15) is 0 Å². The zero-order valence-electron chi connectivity index (χ0n) is 16.8. The molecule has 2 nitrogen and oxygen atoms in total. The molecule has 22 heavy (non-hydrogen) atoms. The molecule has 0 N–H and O–H groups in total. The predicted octanol–water partition coefficient (Wildman–Crippen LogP) is 5.08. The van der Waals surface area contributed by atoms with E-state index in [-0.39, 0.29) is 0 Å². The minimum Gasteiger partial charge on any atom is -0.328 e. The molecule has 0 radical (unpaired) electrons. The third kappa shape index (κ3) is 13.6. The molecule has 0 aliphatic rings. The average molecular weight is 315 g/mol. The second kappa shape index (κ2) is 12.4. The quantitative estimate of drug-likeness (QED) is 0.292. The van der Waals surface area contributed by atoms with E-state index in [1.54, 1.807) is 0 Å². The van der Waals surface area contributed by atoms with E-state index >= 15 is 0 Å². The zero-order chi connectivity index (χ0) is 16.9. The first-order chi connectivity index (χ1) is 10.3. The molecule has 0 bridgehead atoms. The Morgan fingerprint density at radius 2 is 0.682 bits per heavy atom. The standard InChI is InChI=1S/C20H46N2/c1-7-9-13-17-21(3,4)19-15-11-12-16-20-22(5,6)18-14-10-8-2/h7-20H2,1-6H3/q+2. The molecule has 0 spiro atoms. The number of rotatable bonds is 15. The summed E-state index contributed by atoms with van der Waals surface area (Å²) in [5.74, 6) is 0. The van der Waals surface area contributed by atoms with Crippen LogP contribution in [0.15, 0.2) is 0 Å². The number of hydrogen-bond donors (Lipinski definition) is 0. The van der Waals surface area contributed by atoms with Crippen LogP contribution < -0.4 is 0 Å². The molecule has 0 aliphatic carbocycles. The van der Waals surface area contributed by atoms with Crippen LogP contribution in [0.4, 0.5) is 0 Å². The molecule has 2 heteroatoms. The fourth-order valence-corrected chi connectivity index (χ4v) is 3.24. The summed E-state index contributed by atoms with van der Waals surface area (Å²) in [6, 6.07) is 0. The Morgan fingerprint density at radius 3 is 0.955 bits per heavy atom. The smallest absolute Gasteiger partial charge is 0.0782 e. The SMILES string of the molecule is CCCCC[N+](C)(C)CCCCCC[N+](C)(C)CCCCC. The number of nitrogens with zero attached hydrogens (tertiary/aromatic N) is 2. The van der Waals surface area contributed by atoms with E-state index in [1.165, 1.54) is 99.4 Å². The predicted molar refractivity (Wildman–Crippen MR) is 101 cm³/mol. The maximum absolute atomic E-state index is 2.41. The summed E-state index contributed by atoms with van der Waals surface area (Å²) < 4.78 is 2.44. The minimum absolute atomic E-state index is 1.22. The maximum Gasteiger partial charge on any atom is 0.0782 e. The van der Waals surface area contributed by atoms with E-state index in [0.29, 0.717) is 0 Å². The van der Waals surface area contributed by atoms with E-state index in [4.69, 9.17) is 0 Å². The average Bonchev–Trinajstić information content (AvgIpc) is 2.43. The van der Waals surface area contributed by atoms with E-state index in [0.717, 1.165) is 0 Å². The molecular formula is C20H46N2+2. The molecule has 0 aromatic heterocycles. The van der Waals surface area contributed by atoms with Crippen molar-refractivity contribution in [1.82, 2.24) is 0 Å². The van der Waals surface area contributed by atoms with E-state index in [2.05, 4.69) is 42.0 Å². The maximum atomic E-state index is 2.41. The van der Waals surface area contributed by atoms with Crippen LogP contribution in [0.5, 0.6) is 0 Å². The molecule has 134 valence electrons. The second-order valence-corrected chi connectivity index (χ2v) is 8.59. The van der Waals surface area contributed by atoms with Gasteiger partial charge in [-0.1, -0.05) is 26.7 Å². The van der Waals surface area contributed by atoms with Crippen LogP contribution in [-0.2, 0) is 0 Å². The van der Waals surface area contributed by atoms with Gasteiger partial charge in [0.2, 0.25) is 0 Å². The van der Waals surface area contributed by atoms with Crippen LogP contribution in [-0.4, -0.2) is 63.3 Å². The van der Waals surface area contributed by atoms with Crippen LogP contribution in [0, 0.1) is 0 Å². The summed E-state index contributed by atoms with van der Waals surface area (Å²) in [6.45, 7) is 10.0. The van der Waals surface area contributed by atoms with Gasteiger partial charge in [-0.15, -0.1) is 0 Å². The van der Waals surface area contributed by atoms with Crippen molar-refractivity contribution >= 4 is 0 Å². The minimum atomic E-state index is 1.22. The van der Waals surface area contributed by atoms with Crippen LogP contribution >= 0.6 is 0 Å². The molecule has 0 saturated carbocycles.